The number of amides is 1. The minimum atomic E-state index is -4.78. The number of halogens is 3. The molecule has 0 aromatic carbocycles. The number of carbonyl (C=O) groups excluding carboxylic acids is 1. The Bertz CT molecular complexity index is 1080. The summed E-state index contributed by atoms with van der Waals surface area (Å²) in [6, 6.07) is 0.681. The lowest BCUT2D eigenvalue weighted by atomic mass is 10.0. The van der Waals surface area contributed by atoms with Crippen LogP contribution in [0.25, 0.3) is 11.4 Å². The zero-order chi connectivity index (χ0) is 22.1. The van der Waals surface area contributed by atoms with Crippen molar-refractivity contribution in [3.8, 4) is 11.4 Å². The number of nitrogens with zero attached hydrogens (tertiary/aromatic N) is 8. The van der Waals surface area contributed by atoms with Gasteiger partial charge in [0.05, 0.1) is 17.9 Å². The quantitative estimate of drug-likeness (QED) is 0.529. The van der Waals surface area contributed by atoms with Crippen LogP contribution in [0, 0.1) is 0 Å². The van der Waals surface area contributed by atoms with Gasteiger partial charge in [-0.15, -0.1) is 5.10 Å². The lowest BCUT2D eigenvalue weighted by molar-refractivity contribution is -0.141. The molecule has 0 atom stereocenters. The van der Waals surface area contributed by atoms with Gasteiger partial charge in [0, 0.05) is 19.7 Å². The molecule has 3 aromatic rings. The van der Waals surface area contributed by atoms with Gasteiger partial charge in [-0.2, -0.15) is 18.3 Å². The first kappa shape index (κ1) is 21.6. The van der Waals surface area contributed by atoms with Gasteiger partial charge in [0.15, 0.2) is 16.8 Å². The lowest BCUT2D eigenvalue weighted by Gasteiger charge is -2.15. The van der Waals surface area contributed by atoms with Crippen LogP contribution in [0.15, 0.2) is 11.2 Å². The van der Waals surface area contributed by atoms with Gasteiger partial charge in [-0.05, 0) is 22.7 Å². The molecule has 3 heterocycles. The van der Waals surface area contributed by atoms with Gasteiger partial charge in [0.2, 0.25) is 0 Å². The maximum atomic E-state index is 13.4. The van der Waals surface area contributed by atoms with E-state index in [2.05, 4.69) is 30.6 Å². The maximum absolute atomic E-state index is 13.4. The molecule has 0 aliphatic carbocycles. The Balaban J connectivity index is 1.99. The van der Waals surface area contributed by atoms with E-state index in [0.29, 0.717) is 17.0 Å². The lowest BCUT2D eigenvalue weighted by Crippen LogP contribution is -2.21. The number of aryl methyl sites for hydroxylation is 2. The highest BCUT2D eigenvalue weighted by Gasteiger charge is 2.35. The normalized spacial score (nSPS) is 11.8. The highest BCUT2D eigenvalue weighted by Crippen LogP contribution is 2.33. The summed E-state index contributed by atoms with van der Waals surface area (Å²) in [5, 5.41) is 15.4. The number of tetrazole rings is 1. The molecule has 0 radical (unpaired) electrons. The summed E-state index contributed by atoms with van der Waals surface area (Å²) >= 11 is 1.37. The molecule has 3 rings (SSSR count). The fraction of sp³-hybridized carbons (Fsp3) is 0.400. The van der Waals surface area contributed by atoms with E-state index < -0.39 is 24.4 Å². The van der Waals surface area contributed by atoms with Crippen molar-refractivity contribution in [2.75, 3.05) is 6.26 Å². The summed E-state index contributed by atoms with van der Waals surface area (Å²) in [6.07, 6.45) is -2.95. The number of hydrogen-bond acceptors (Lipinski definition) is 9. The fourth-order valence-electron chi connectivity index (χ4n) is 2.66. The van der Waals surface area contributed by atoms with Crippen molar-refractivity contribution in [3.63, 3.8) is 0 Å². The molecule has 0 spiro atoms. The van der Waals surface area contributed by atoms with E-state index in [4.69, 9.17) is 10.5 Å². The fourth-order valence-corrected chi connectivity index (χ4v) is 3.16. The Labute approximate surface area is 171 Å². The first-order chi connectivity index (χ1) is 14.1. The average Bonchev–Trinajstić information content (AvgIpc) is 3.25. The molecule has 30 heavy (non-hydrogen) atoms. The number of rotatable bonds is 7. The van der Waals surface area contributed by atoms with Gasteiger partial charge in [0.1, 0.15) is 12.3 Å². The molecule has 0 fully saturated rings. The van der Waals surface area contributed by atoms with Gasteiger partial charge in [-0.25, -0.2) is 19.3 Å². The van der Waals surface area contributed by atoms with Crippen molar-refractivity contribution in [2.24, 2.45) is 19.8 Å². The molecule has 11 nitrogen and oxygen atoms in total. The van der Waals surface area contributed by atoms with Crippen LogP contribution in [0.2, 0.25) is 0 Å². The second kappa shape index (κ2) is 8.35. The van der Waals surface area contributed by atoms with Crippen molar-refractivity contribution in [2.45, 2.75) is 24.5 Å². The monoisotopic (exact) mass is 443 g/mol. The number of hydrogen-bond donors (Lipinski definition) is 1. The highest BCUT2D eigenvalue weighted by molar-refractivity contribution is 7.98. The van der Waals surface area contributed by atoms with Gasteiger partial charge < -0.3 is 10.5 Å². The van der Waals surface area contributed by atoms with E-state index in [1.165, 1.54) is 18.8 Å². The molecule has 0 bridgehead atoms. The number of pyridine rings is 1. The topological polar surface area (TPSA) is 140 Å². The summed E-state index contributed by atoms with van der Waals surface area (Å²) in [5.41, 5.74) is 3.44. The Morgan fingerprint density at radius 3 is 2.50 bits per heavy atom. The van der Waals surface area contributed by atoms with Crippen LogP contribution < -0.4 is 5.73 Å². The number of nitrogens with two attached hydrogens (primary N) is 1. The SMILES string of the molecule is CSc1nc(COCc2nc(C(F)(F)F)cc(-c3nnnn3C)c2C(N)=O)nn1C. The summed E-state index contributed by atoms with van der Waals surface area (Å²) in [6.45, 7) is -0.543. The van der Waals surface area contributed by atoms with Crippen molar-refractivity contribution in [1.29, 1.82) is 0 Å². The summed E-state index contributed by atoms with van der Waals surface area (Å²) in [5.74, 6) is -0.741. The van der Waals surface area contributed by atoms with E-state index in [-0.39, 0.29) is 29.3 Å². The van der Waals surface area contributed by atoms with Crippen LogP contribution in [0.3, 0.4) is 0 Å². The largest absolute Gasteiger partial charge is 0.433 e. The summed E-state index contributed by atoms with van der Waals surface area (Å²) < 4.78 is 48.3. The number of carbonyl (C=O) groups is 1. The molecule has 0 aliphatic heterocycles. The number of alkyl halides is 3. The van der Waals surface area contributed by atoms with Gasteiger partial charge in [-0.3, -0.25) is 4.79 Å². The predicted octanol–water partition coefficient (Wildman–Crippen LogP) is 0.957. The standard InChI is InChI=1S/C15H16F3N9O2S/c1-26-13(22-24-25-26)7-4-9(15(16,17)18)20-8(11(7)12(19)28)5-29-6-10-21-14(30-3)27(2)23-10/h4H,5-6H2,1-3H3,(H2,19,28). The molecule has 0 saturated carbocycles. The van der Waals surface area contributed by atoms with Crippen LogP contribution in [-0.4, -0.2) is 52.1 Å². The Morgan fingerprint density at radius 1 is 1.23 bits per heavy atom. The third-order valence-corrected chi connectivity index (χ3v) is 4.63. The second-order valence-corrected chi connectivity index (χ2v) is 6.77. The first-order valence-corrected chi connectivity index (χ1v) is 9.49. The van der Waals surface area contributed by atoms with Gasteiger partial charge >= 0.3 is 6.18 Å². The Kier molecular flexibility index (Phi) is 6.02. The molecular weight excluding hydrogens is 427 g/mol. The number of aromatic nitrogens is 8. The molecule has 15 heteroatoms. The van der Waals surface area contributed by atoms with Crippen molar-refractivity contribution in [3.05, 3.63) is 28.8 Å². The zero-order valence-corrected chi connectivity index (χ0v) is 16.8. The number of ether oxygens (including phenoxy) is 1. The highest BCUT2D eigenvalue weighted by atomic mass is 32.2. The van der Waals surface area contributed by atoms with E-state index in [9.17, 15) is 18.0 Å². The van der Waals surface area contributed by atoms with Crippen LogP contribution >= 0.6 is 11.8 Å². The van der Waals surface area contributed by atoms with E-state index >= 15 is 0 Å². The Hall–Kier alpha value is -3.07. The molecule has 1 amide bonds. The average molecular weight is 443 g/mol. The molecule has 2 N–H and O–H groups in total. The molecule has 0 unspecified atom stereocenters. The molecule has 0 aliphatic rings. The second-order valence-electron chi connectivity index (χ2n) is 6.00. The minimum absolute atomic E-state index is 0.0750. The summed E-state index contributed by atoms with van der Waals surface area (Å²) in [4.78, 5) is 19.8. The van der Waals surface area contributed by atoms with Crippen molar-refractivity contribution < 1.29 is 22.7 Å². The minimum Gasteiger partial charge on any atom is -0.367 e. The molecule has 0 saturated heterocycles. The maximum Gasteiger partial charge on any atom is 0.433 e. The van der Waals surface area contributed by atoms with Crippen LogP contribution in [0.4, 0.5) is 13.2 Å². The Morgan fingerprint density at radius 2 is 1.97 bits per heavy atom. The molecule has 3 aromatic heterocycles. The third-order valence-electron chi connectivity index (χ3n) is 3.91. The van der Waals surface area contributed by atoms with Crippen molar-refractivity contribution in [1.82, 2.24) is 40.0 Å². The van der Waals surface area contributed by atoms with Gasteiger partial charge in [-0.1, -0.05) is 11.8 Å². The molecular formula is C15H16F3N9O2S. The van der Waals surface area contributed by atoms with Gasteiger partial charge in [0.25, 0.3) is 5.91 Å². The van der Waals surface area contributed by atoms with E-state index in [0.717, 1.165) is 4.68 Å². The van der Waals surface area contributed by atoms with Crippen LogP contribution in [0.1, 0.15) is 27.6 Å². The zero-order valence-electron chi connectivity index (χ0n) is 16.0. The third kappa shape index (κ3) is 4.40. The van der Waals surface area contributed by atoms with Crippen molar-refractivity contribution >= 4 is 17.7 Å². The number of primary amides is 1. The first-order valence-electron chi connectivity index (χ1n) is 8.27. The summed E-state index contributed by atoms with van der Waals surface area (Å²) in [7, 11) is 3.11. The smallest absolute Gasteiger partial charge is 0.367 e. The van der Waals surface area contributed by atoms with E-state index in [1.807, 2.05) is 6.26 Å². The van der Waals surface area contributed by atoms with E-state index in [1.54, 1.807) is 11.7 Å². The predicted molar refractivity (Wildman–Crippen MR) is 96.8 cm³/mol. The van der Waals surface area contributed by atoms with Crippen LogP contribution in [-0.2, 0) is 38.2 Å². The van der Waals surface area contributed by atoms with Crippen LogP contribution in [0.5, 0.6) is 0 Å². The number of thioether (sulfide) groups is 1. The molecule has 160 valence electrons.